The molecule has 0 aromatic carbocycles. The van der Waals surface area contributed by atoms with E-state index in [0.717, 1.165) is 32.0 Å². The largest absolute Gasteiger partial charge is 0.481 e. The Morgan fingerprint density at radius 2 is 2.62 bits per heavy atom. The highest BCUT2D eigenvalue weighted by Crippen LogP contribution is 2.13. The van der Waals surface area contributed by atoms with Gasteiger partial charge < -0.3 is 20.1 Å². The topological polar surface area (TPSA) is 55.4 Å². The summed E-state index contributed by atoms with van der Waals surface area (Å²) in [6, 6.07) is 4.17. The molecule has 1 aliphatic rings. The van der Waals surface area contributed by atoms with Crippen molar-refractivity contribution in [3.05, 3.63) is 18.3 Å². The number of aromatic nitrogens is 1. The number of hydrogen-bond donors (Lipinski definition) is 2. The molecule has 2 N–H and O–H groups in total. The number of pyridine rings is 1. The first kappa shape index (κ1) is 11.2. The predicted molar refractivity (Wildman–Crippen MR) is 61.9 cm³/mol. The molecule has 1 aromatic rings. The minimum absolute atomic E-state index is 0.368. The van der Waals surface area contributed by atoms with Crippen LogP contribution in [-0.4, -0.2) is 44.4 Å². The summed E-state index contributed by atoms with van der Waals surface area (Å²) in [6.45, 7) is 3.33. The van der Waals surface area contributed by atoms with Gasteiger partial charge in [0.1, 0.15) is 0 Å². The summed E-state index contributed by atoms with van der Waals surface area (Å²) in [7, 11) is 1.61. The fraction of sp³-hybridized carbons (Fsp3) is 0.545. The van der Waals surface area contributed by atoms with Gasteiger partial charge in [-0.3, -0.25) is 0 Å². The van der Waals surface area contributed by atoms with E-state index in [1.807, 2.05) is 12.1 Å². The highest BCUT2D eigenvalue weighted by atomic mass is 16.5. The summed E-state index contributed by atoms with van der Waals surface area (Å²) in [5.74, 6) is 0.623. The summed E-state index contributed by atoms with van der Waals surface area (Å²) in [6.07, 6.45) is 1.73. The van der Waals surface area contributed by atoms with Crippen LogP contribution in [0.2, 0.25) is 0 Å². The van der Waals surface area contributed by atoms with Gasteiger partial charge in [0.05, 0.1) is 20.3 Å². The molecule has 1 saturated heterocycles. The summed E-state index contributed by atoms with van der Waals surface area (Å²) >= 11 is 0. The van der Waals surface area contributed by atoms with Crippen molar-refractivity contribution < 1.29 is 9.47 Å². The summed E-state index contributed by atoms with van der Waals surface area (Å²) in [5, 5.41) is 6.71. The quantitative estimate of drug-likeness (QED) is 0.778. The van der Waals surface area contributed by atoms with E-state index in [2.05, 4.69) is 15.6 Å². The molecule has 1 fully saturated rings. The monoisotopic (exact) mass is 223 g/mol. The molecule has 1 aliphatic heterocycles. The van der Waals surface area contributed by atoms with E-state index in [4.69, 9.17) is 9.47 Å². The van der Waals surface area contributed by atoms with Crippen LogP contribution in [0, 0.1) is 0 Å². The molecule has 0 spiro atoms. The van der Waals surface area contributed by atoms with Crippen LogP contribution in [0.1, 0.15) is 0 Å². The standard InChI is InChI=1S/C11H17N3O2/c1-15-11-6-9(2-3-13-11)14-7-10-8-16-5-4-12-10/h2-3,6,10,12H,4-5,7-8H2,1H3,(H,13,14). The number of nitrogens with one attached hydrogen (secondary N) is 2. The van der Waals surface area contributed by atoms with Crippen molar-refractivity contribution in [2.75, 3.05) is 38.7 Å². The smallest absolute Gasteiger partial charge is 0.214 e. The van der Waals surface area contributed by atoms with Crippen LogP contribution >= 0.6 is 0 Å². The van der Waals surface area contributed by atoms with Crippen LogP contribution in [0.4, 0.5) is 5.69 Å². The van der Waals surface area contributed by atoms with Crippen molar-refractivity contribution in [3.63, 3.8) is 0 Å². The Labute approximate surface area is 95.2 Å². The third kappa shape index (κ3) is 3.08. The van der Waals surface area contributed by atoms with Crippen LogP contribution in [0.15, 0.2) is 18.3 Å². The molecule has 2 rings (SSSR count). The Kier molecular flexibility index (Phi) is 3.96. The fourth-order valence-electron chi connectivity index (χ4n) is 1.62. The van der Waals surface area contributed by atoms with Crippen LogP contribution in [0.5, 0.6) is 5.88 Å². The van der Waals surface area contributed by atoms with E-state index in [1.165, 1.54) is 0 Å². The number of nitrogens with zero attached hydrogens (tertiary/aromatic N) is 1. The van der Waals surface area contributed by atoms with Gasteiger partial charge in [0.15, 0.2) is 0 Å². The number of ether oxygens (including phenoxy) is 2. The van der Waals surface area contributed by atoms with Gasteiger partial charge in [-0.15, -0.1) is 0 Å². The highest BCUT2D eigenvalue weighted by molar-refractivity contribution is 5.45. The van der Waals surface area contributed by atoms with Gasteiger partial charge in [-0.2, -0.15) is 0 Å². The molecule has 5 nitrogen and oxygen atoms in total. The lowest BCUT2D eigenvalue weighted by molar-refractivity contribution is 0.0806. The van der Waals surface area contributed by atoms with Gasteiger partial charge in [-0.05, 0) is 6.07 Å². The Hall–Kier alpha value is -1.33. The normalized spacial score (nSPS) is 20.4. The molecular weight excluding hydrogens is 206 g/mol. The minimum atomic E-state index is 0.368. The number of anilines is 1. The first-order valence-corrected chi connectivity index (χ1v) is 5.43. The van der Waals surface area contributed by atoms with E-state index >= 15 is 0 Å². The molecule has 0 aliphatic carbocycles. The van der Waals surface area contributed by atoms with Gasteiger partial charge in [0, 0.05) is 37.1 Å². The van der Waals surface area contributed by atoms with Gasteiger partial charge in [-0.1, -0.05) is 0 Å². The first-order valence-electron chi connectivity index (χ1n) is 5.43. The summed E-state index contributed by atoms with van der Waals surface area (Å²) < 4.78 is 10.4. The zero-order valence-electron chi connectivity index (χ0n) is 9.40. The van der Waals surface area contributed by atoms with Gasteiger partial charge in [0.2, 0.25) is 5.88 Å². The van der Waals surface area contributed by atoms with E-state index < -0.39 is 0 Å². The van der Waals surface area contributed by atoms with Crippen molar-refractivity contribution in [2.45, 2.75) is 6.04 Å². The van der Waals surface area contributed by atoms with Crippen LogP contribution < -0.4 is 15.4 Å². The lowest BCUT2D eigenvalue weighted by atomic mass is 10.2. The van der Waals surface area contributed by atoms with Crippen molar-refractivity contribution in [2.24, 2.45) is 0 Å². The van der Waals surface area contributed by atoms with Gasteiger partial charge >= 0.3 is 0 Å². The van der Waals surface area contributed by atoms with E-state index in [1.54, 1.807) is 13.3 Å². The second-order valence-electron chi connectivity index (χ2n) is 3.69. The maximum atomic E-state index is 5.38. The molecular formula is C11H17N3O2. The van der Waals surface area contributed by atoms with Crippen LogP contribution in [0.25, 0.3) is 0 Å². The second kappa shape index (κ2) is 5.67. The lowest BCUT2D eigenvalue weighted by Crippen LogP contribution is -2.45. The SMILES string of the molecule is COc1cc(NCC2COCCN2)ccn1. The molecule has 0 bridgehead atoms. The molecule has 1 unspecified atom stereocenters. The molecule has 1 aromatic heterocycles. The maximum absolute atomic E-state index is 5.38. The molecule has 1 atom stereocenters. The number of methoxy groups -OCH3 is 1. The van der Waals surface area contributed by atoms with Crippen molar-refractivity contribution >= 4 is 5.69 Å². The zero-order valence-corrected chi connectivity index (χ0v) is 9.40. The Bertz CT molecular complexity index is 327. The third-order valence-corrected chi connectivity index (χ3v) is 2.50. The van der Waals surface area contributed by atoms with Gasteiger partial charge in [0.25, 0.3) is 0 Å². The summed E-state index contributed by atoms with van der Waals surface area (Å²) in [4.78, 5) is 4.05. The number of morpholine rings is 1. The number of rotatable bonds is 4. The molecule has 0 saturated carbocycles. The van der Waals surface area contributed by atoms with E-state index in [-0.39, 0.29) is 0 Å². The molecule has 16 heavy (non-hydrogen) atoms. The van der Waals surface area contributed by atoms with Crippen LogP contribution in [0.3, 0.4) is 0 Å². The van der Waals surface area contributed by atoms with Crippen molar-refractivity contribution in [1.29, 1.82) is 0 Å². The summed E-state index contributed by atoms with van der Waals surface area (Å²) in [5.41, 5.74) is 1.01. The first-order chi connectivity index (χ1) is 7.88. The van der Waals surface area contributed by atoms with E-state index in [0.29, 0.717) is 11.9 Å². The average molecular weight is 223 g/mol. The highest BCUT2D eigenvalue weighted by Gasteiger charge is 2.12. The number of hydrogen-bond acceptors (Lipinski definition) is 5. The predicted octanol–water partition coefficient (Wildman–Crippen LogP) is 0.490. The molecule has 0 amide bonds. The average Bonchev–Trinajstić information content (AvgIpc) is 2.38. The Balaban J connectivity index is 1.83. The van der Waals surface area contributed by atoms with E-state index in [9.17, 15) is 0 Å². The molecule has 88 valence electrons. The zero-order chi connectivity index (χ0) is 11.2. The molecule has 0 radical (unpaired) electrons. The molecule has 2 heterocycles. The van der Waals surface area contributed by atoms with Gasteiger partial charge in [-0.25, -0.2) is 4.98 Å². The maximum Gasteiger partial charge on any atom is 0.214 e. The van der Waals surface area contributed by atoms with Crippen molar-refractivity contribution in [1.82, 2.24) is 10.3 Å². The fourth-order valence-corrected chi connectivity index (χ4v) is 1.62. The second-order valence-corrected chi connectivity index (χ2v) is 3.69. The lowest BCUT2D eigenvalue weighted by Gasteiger charge is -2.24. The Morgan fingerprint density at radius 3 is 3.38 bits per heavy atom. The van der Waals surface area contributed by atoms with Crippen LogP contribution in [-0.2, 0) is 4.74 Å². The third-order valence-electron chi connectivity index (χ3n) is 2.50. The Morgan fingerprint density at radius 1 is 1.69 bits per heavy atom. The van der Waals surface area contributed by atoms with Crippen molar-refractivity contribution in [3.8, 4) is 5.88 Å². The minimum Gasteiger partial charge on any atom is -0.481 e. The molecule has 5 heteroatoms.